The Balaban J connectivity index is 2.25. The third-order valence-electron chi connectivity index (χ3n) is 3.41. The minimum atomic E-state index is -0.605. The number of hydrogen-bond acceptors (Lipinski definition) is 1. The molecule has 0 saturated heterocycles. The van der Waals surface area contributed by atoms with Crippen LogP contribution in [0.1, 0.15) is 29.7 Å². The van der Waals surface area contributed by atoms with E-state index < -0.39 is 11.6 Å². The number of benzene rings is 2. The van der Waals surface area contributed by atoms with Crippen LogP contribution in [-0.2, 0) is 0 Å². The van der Waals surface area contributed by atoms with Gasteiger partial charge in [0.2, 0.25) is 0 Å². The number of hydrogen-bond donors (Lipinski definition) is 1. The Labute approximate surface area is 126 Å². The van der Waals surface area contributed by atoms with E-state index in [0.717, 1.165) is 11.6 Å². The molecule has 106 valence electrons. The molecule has 2 aromatic carbocycles. The van der Waals surface area contributed by atoms with Crippen molar-refractivity contribution >= 4 is 21.6 Å². The highest BCUT2D eigenvalue weighted by Gasteiger charge is 2.12. The summed E-state index contributed by atoms with van der Waals surface area (Å²) in [6.45, 7) is 6.04. The Morgan fingerprint density at radius 3 is 2.35 bits per heavy atom. The van der Waals surface area contributed by atoms with Gasteiger partial charge in [-0.3, -0.25) is 0 Å². The van der Waals surface area contributed by atoms with Crippen LogP contribution in [0.2, 0.25) is 0 Å². The van der Waals surface area contributed by atoms with Crippen LogP contribution in [0.4, 0.5) is 14.5 Å². The van der Waals surface area contributed by atoms with Crippen molar-refractivity contribution < 1.29 is 8.78 Å². The van der Waals surface area contributed by atoms with Gasteiger partial charge in [0, 0.05) is 12.1 Å². The van der Waals surface area contributed by atoms with Gasteiger partial charge in [0.1, 0.15) is 11.6 Å². The van der Waals surface area contributed by atoms with Gasteiger partial charge in [0.25, 0.3) is 0 Å². The molecule has 0 amide bonds. The molecular formula is C16H16BrF2N. The Morgan fingerprint density at radius 1 is 1.00 bits per heavy atom. The first-order valence-corrected chi connectivity index (χ1v) is 7.16. The topological polar surface area (TPSA) is 12.0 Å². The van der Waals surface area contributed by atoms with E-state index in [0.29, 0.717) is 0 Å². The largest absolute Gasteiger partial charge is 0.376 e. The Hall–Kier alpha value is -1.42. The average Bonchev–Trinajstić information content (AvgIpc) is 2.39. The fourth-order valence-electron chi connectivity index (χ4n) is 1.98. The maximum Gasteiger partial charge on any atom is 0.149 e. The van der Waals surface area contributed by atoms with Gasteiger partial charge in [-0.2, -0.15) is 0 Å². The molecule has 0 aliphatic rings. The molecule has 4 heteroatoms. The van der Waals surface area contributed by atoms with Crippen LogP contribution < -0.4 is 5.32 Å². The fourth-order valence-corrected chi connectivity index (χ4v) is 2.33. The summed E-state index contributed by atoms with van der Waals surface area (Å²) in [5.41, 5.74) is 3.76. The summed E-state index contributed by atoms with van der Waals surface area (Å²) in [7, 11) is 0. The molecule has 2 aromatic rings. The van der Waals surface area contributed by atoms with Gasteiger partial charge < -0.3 is 5.32 Å². The number of nitrogens with one attached hydrogen (secondary N) is 1. The lowest BCUT2D eigenvalue weighted by Gasteiger charge is -2.18. The van der Waals surface area contributed by atoms with E-state index in [1.165, 1.54) is 17.2 Å². The third kappa shape index (κ3) is 3.18. The van der Waals surface area contributed by atoms with Crippen molar-refractivity contribution in [2.45, 2.75) is 26.8 Å². The second kappa shape index (κ2) is 5.92. The number of aryl methyl sites for hydroxylation is 2. The highest BCUT2D eigenvalue weighted by molar-refractivity contribution is 9.10. The Morgan fingerprint density at radius 2 is 1.70 bits per heavy atom. The first-order valence-electron chi connectivity index (χ1n) is 6.36. The molecule has 0 spiro atoms. The summed E-state index contributed by atoms with van der Waals surface area (Å²) in [6.07, 6.45) is 0. The van der Waals surface area contributed by atoms with Crippen molar-refractivity contribution in [3.8, 4) is 0 Å². The molecule has 1 unspecified atom stereocenters. The lowest BCUT2D eigenvalue weighted by atomic mass is 10.0. The minimum Gasteiger partial charge on any atom is -0.376 e. The zero-order valence-electron chi connectivity index (χ0n) is 11.6. The first-order chi connectivity index (χ1) is 9.38. The van der Waals surface area contributed by atoms with Gasteiger partial charge in [0.05, 0.1) is 10.2 Å². The highest BCUT2D eigenvalue weighted by atomic mass is 79.9. The summed E-state index contributed by atoms with van der Waals surface area (Å²) >= 11 is 3.07. The van der Waals surface area contributed by atoms with Crippen LogP contribution in [0.5, 0.6) is 0 Å². The molecule has 0 saturated carbocycles. The van der Waals surface area contributed by atoms with Crippen LogP contribution in [-0.4, -0.2) is 0 Å². The van der Waals surface area contributed by atoms with Gasteiger partial charge in [-0.05, 0) is 59.5 Å². The van der Waals surface area contributed by atoms with Gasteiger partial charge in [-0.15, -0.1) is 0 Å². The summed E-state index contributed by atoms with van der Waals surface area (Å²) in [5, 5.41) is 3.07. The number of halogens is 3. The molecule has 0 radical (unpaired) electrons. The molecule has 0 bridgehead atoms. The van der Waals surface area contributed by atoms with Crippen molar-refractivity contribution in [3.05, 3.63) is 63.1 Å². The summed E-state index contributed by atoms with van der Waals surface area (Å²) in [4.78, 5) is 0. The monoisotopic (exact) mass is 339 g/mol. The van der Waals surface area contributed by atoms with Crippen LogP contribution in [0.15, 0.2) is 34.8 Å². The number of rotatable bonds is 3. The van der Waals surface area contributed by atoms with E-state index in [1.807, 2.05) is 32.9 Å². The standard InChI is InChI=1S/C16H16BrF2N/c1-9-4-5-12(6-10(9)2)11(3)20-16-7-13(17)14(18)8-15(16)19/h4-8,11,20H,1-3H3. The quantitative estimate of drug-likeness (QED) is 0.726. The molecule has 0 fully saturated rings. The fraction of sp³-hybridized carbons (Fsp3) is 0.250. The maximum absolute atomic E-state index is 13.7. The van der Waals surface area contributed by atoms with Crippen LogP contribution >= 0.6 is 15.9 Å². The second-order valence-electron chi connectivity index (χ2n) is 4.96. The molecule has 0 aliphatic carbocycles. The van der Waals surface area contributed by atoms with Gasteiger partial charge >= 0.3 is 0 Å². The number of anilines is 1. The second-order valence-corrected chi connectivity index (χ2v) is 5.81. The zero-order valence-corrected chi connectivity index (χ0v) is 13.2. The first kappa shape index (κ1) is 15.0. The Kier molecular flexibility index (Phi) is 4.43. The average molecular weight is 340 g/mol. The smallest absolute Gasteiger partial charge is 0.149 e. The minimum absolute atomic E-state index is 0.0684. The normalized spacial score (nSPS) is 12.3. The van der Waals surface area contributed by atoms with Crippen molar-refractivity contribution in [2.24, 2.45) is 0 Å². The van der Waals surface area contributed by atoms with Gasteiger partial charge in [0.15, 0.2) is 0 Å². The van der Waals surface area contributed by atoms with Crippen LogP contribution in [0.3, 0.4) is 0 Å². The van der Waals surface area contributed by atoms with Gasteiger partial charge in [-0.25, -0.2) is 8.78 Å². The van der Waals surface area contributed by atoms with E-state index in [4.69, 9.17) is 0 Å². The van der Waals surface area contributed by atoms with Crippen LogP contribution in [0.25, 0.3) is 0 Å². The lowest BCUT2D eigenvalue weighted by Crippen LogP contribution is -2.08. The summed E-state index contributed by atoms with van der Waals surface area (Å²) in [5.74, 6) is -1.20. The van der Waals surface area contributed by atoms with E-state index in [9.17, 15) is 8.78 Å². The van der Waals surface area contributed by atoms with Gasteiger partial charge in [-0.1, -0.05) is 18.2 Å². The molecule has 1 atom stereocenters. The van der Waals surface area contributed by atoms with E-state index in [2.05, 4.69) is 27.3 Å². The van der Waals surface area contributed by atoms with Crippen molar-refractivity contribution in [1.29, 1.82) is 0 Å². The predicted molar refractivity (Wildman–Crippen MR) is 82.0 cm³/mol. The molecule has 20 heavy (non-hydrogen) atoms. The lowest BCUT2D eigenvalue weighted by molar-refractivity contribution is 0.579. The third-order valence-corrected chi connectivity index (χ3v) is 4.02. The highest BCUT2D eigenvalue weighted by Crippen LogP contribution is 2.27. The molecular weight excluding hydrogens is 324 g/mol. The van der Waals surface area contributed by atoms with Crippen molar-refractivity contribution in [1.82, 2.24) is 0 Å². The molecule has 2 rings (SSSR count). The van der Waals surface area contributed by atoms with E-state index in [1.54, 1.807) is 0 Å². The maximum atomic E-state index is 13.7. The summed E-state index contributed by atoms with van der Waals surface area (Å²) < 4.78 is 27.2. The molecule has 0 aromatic heterocycles. The Bertz CT molecular complexity index is 641. The molecule has 1 N–H and O–H groups in total. The van der Waals surface area contributed by atoms with Crippen molar-refractivity contribution in [2.75, 3.05) is 5.32 Å². The van der Waals surface area contributed by atoms with E-state index in [-0.39, 0.29) is 16.2 Å². The van der Waals surface area contributed by atoms with Crippen LogP contribution in [0, 0.1) is 25.5 Å². The SMILES string of the molecule is Cc1ccc(C(C)Nc2cc(Br)c(F)cc2F)cc1C. The molecule has 1 nitrogen and oxygen atoms in total. The molecule has 0 aliphatic heterocycles. The molecule has 0 heterocycles. The predicted octanol–water partition coefficient (Wildman–Crippen LogP) is 5.52. The van der Waals surface area contributed by atoms with Crippen molar-refractivity contribution in [3.63, 3.8) is 0 Å². The summed E-state index contributed by atoms with van der Waals surface area (Å²) in [6, 6.07) is 8.35. The van der Waals surface area contributed by atoms with E-state index >= 15 is 0 Å². The zero-order chi connectivity index (χ0) is 14.9.